The molecular formula is C24H27N3O2. The molecule has 150 valence electrons. The van der Waals surface area contributed by atoms with E-state index in [9.17, 15) is 9.90 Å². The summed E-state index contributed by atoms with van der Waals surface area (Å²) in [5, 5.41) is 12.1. The van der Waals surface area contributed by atoms with Crippen LogP contribution in [0.25, 0.3) is 11.3 Å². The van der Waals surface area contributed by atoms with Crippen molar-refractivity contribution in [2.24, 2.45) is 5.92 Å². The zero-order valence-electron chi connectivity index (χ0n) is 16.9. The first kappa shape index (κ1) is 20.7. The predicted molar refractivity (Wildman–Crippen MR) is 115 cm³/mol. The van der Waals surface area contributed by atoms with E-state index < -0.39 is 0 Å². The second kappa shape index (κ2) is 9.94. The van der Waals surface area contributed by atoms with Gasteiger partial charge in [0.05, 0.1) is 24.2 Å². The van der Waals surface area contributed by atoms with Crippen molar-refractivity contribution in [1.82, 2.24) is 9.97 Å². The first-order chi connectivity index (χ1) is 14.0. The highest BCUT2D eigenvalue weighted by Crippen LogP contribution is 2.22. The molecule has 1 heterocycles. The molecule has 0 aliphatic carbocycles. The number of hydrogen-bond donors (Lipinski definition) is 2. The molecule has 0 radical (unpaired) electrons. The fraction of sp³-hybridized carbons (Fsp3) is 0.292. The Morgan fingerprint density at radius 3 is 2.41 bits per heavy atom. The Labute approximate surface area is 171 Å². The lowest BCUT2D eigenvalue weighted by Crippen LogP contribution is -2.16. The summed E-state index contributed by atoms with van der Waals surface area (Å²) in [7, 11) is 0. The summed E-state index contributed by atoms with van der Waals surface area (Å²) in [5.41, 5.74) is 4.47. The molecule has 3 aromatic rings. The maximum absolute atomic E-state index is 12.4. The van der Waals surface area contributed by atoms with Crippen LogP contribution in [-0.2, 0) is 24.2 Å². The maximum atomic E-state index is 12.4. The van der Waals surface area contributed by atoms with E-state index in [1.165, 1.54) is 0 Å². The summed E-state index contributed by atoms with van der Waals surface area (Å²) in [6.07, 6.45) is 3.50. The molecule has 1 amide bonds. The molecule has 0 bridgehead atoms. The molecule has 29 heavy (non-hydrogen) atoms. The van der Waals surface area contributed by atoms with Gasteiger partial charge >= 0.3 is 0 Å². The molecule has 3 rings (SSSR count). The molecular weight excluding hydrogens is 362 g/mol. The van der Waals surface area contributed by atoms with Crippen molar-refractivity contribution >= 4 is 11.7 Å². The van der Waals surface area contributed by atoms with E-state index in [0.29, 0.717) is 24.6 Å². The number of nitrogens with zero attached hydrogens (tertiary/aromatic N) is 2. The van der Waals surface area contributed by atoms with Gasteiger partial charge in [0.25, 0.3) is 0 Å². The summed E-state index contributed by atoms with van der Waals surface area (Å²) in [5.74, 6) is 0.858. The Hall–Kier alpha value is -3.05. The number of rotatable bonds is 8. The third-order valence-electron chi connectivity index (χ3n) is 4.62. The lowest BCUT2D eigenvalue weighted by molar-refractivity contribution is -0.116. The van der Waals surface area contributed by atoms with Crippen molar-refractivity contribution in [1.29, 1.82) is 0 Å². The van der Waals surface area contributed by atoms with Crippen LogP contribution in [0.2, 0.25) is 0 Å². The number of aliphatic hydroxyl groups is 1. The van der Waals surface area contributed by atoms with Gasteiger partial charge in [-0.05, 0) is 29.9 Å². The molecule has 0 saturated carbocycles. The average molecular weight is 389 g/mol. The zero-order chi connectivity index (χ0) is 20.6. The van der Waals surface area contributed by atoms with Gasteiger partial charge in [0.2, 0.25) is 5.91 Å². The number of hydrogen-bond acceptors (Lipinski definition) is 4. The fourth-order valence-electron chi connectivity index (χ4n) is 3.08. The van der Waals surface area contributed by atoms with Gasteiger partial charge in [-0.25, -0.2) is 9.97 Å². The molecule has 0 atom stereocenters. The molecule has 0 aliphatic heterocycles. The van der Waals surface area contributed by atoms with Crippen LogP contribution >= 0.6 is 0 Å². The third-order valence-corrected chi connectivity index (χ3v) is 4.62. The molecule has 2 aromatic carbocycles. The number of nitrogens with one attached hydrogen (secondary N) is 1. The number of amides is 1. The van der Waals surface area contributed by atoms with Crippen molar-refractivity contribution in [3.63, 3.8) is 0 Å². The minimum atomic E-state index is -0.0618. The Kier molecular flexibility index (Phi) is 7.09. The van der Waals surface area contributed by atoms with Gasteiger partial charge in [-0.3, -0.25) is 4.79 Å². The number of benzene rings is 2. The minimum Gasteiger partial charge on any atom is -0.392 e. The summed E-state index contributed by atoms with van der Waals surface area (Å²) in [6.45, 7) is 4.25. The van der Waals surface area contributed by atoms with Gasteiger partial charge in [0.1, 0.15) is 0 Å². The number of carbonyl (C=O) groups is 1. The average Bonchev–Trinajstić information content (AvgIpc) is 2.74. The van der Waals surface area contributed by atoms with Crippen molar-refractivity contribution in [2.45, 2.75) is 39.7 Å². The van der Waals surface area contributed by atoms with E-state index in [-0.39, 0.29) is 12.5 Å². The van der Waals surface area contributed by atoms with Crippen LogP contribution < -0.4 is 5.32 Å². The van der Waals surface area contributed by atoms with Gasteiger partial charge in [-0.15, -0.1) is 0 Å². The highest BCUT2D eigenvalue weighted by atomic mass is 16.3. The third kappa shape index (κ3) is 5.96. The van der Waals surface area contributed by atoms with Crippen LogP contribution in [0.5, 0.6) is 0 Å². The van der Waals surface area contributed by atoms with Crippen LogP contribution in [0.1, 0.15) is 37.1 Å². The standard InChI is InChI=1S/C24H27N3O2/c1-17(2)14-21-24(27-23(29)13-10-18-6-4-3-5-7-18)25-15-22(26-21)20-11-8-19(16-28)9-12-20/h3-9,11-12,15,17,28H,10,13-14,16H2,1-2H3,(H,25,27,29). The molecule has 0 fully saturated rings. The number of aryl methyl sites for hydroxylation is 1. The van der Waals surface area contributed by atoms with E-state index in [2.05, 4.69) is 24.1 Å². The smallest absolute Gasteiger partial charge is 0.225 e. The minimum absolute atomic E-state index is 0.0124. The predicted octanol–water partition coefficient (Wildman–Crippen LogP) is 4.41. The van der Waals surface area contributed by atoms with E-state index in [1.807, 2.05) is 54.6 Å². The number of aliphatic hydroxyl groups excluding tert-OH is 1. The Bertz CT molecular complexity index is 938. The topological polar surface area (TPSA) is 75.1 Å². The monoisotopic (exact) mass is 389 g/mol. The van der Waals surface area contributed by atoms with Crippen LogP contribution in [-0.4, -0.2) is 21.0 Å². The lowest BCUT2D eigenvalue weighted by atomic mass is 10.1. The molecule has 2 N–H and O–H groups in total. The summed E-state index contributed by atoms with van der Waals surface area (Å²) in [6, 6.07) is 17.6. The molecule has 5 heteroatoms. The van der Waals surface area contributed by atoms with Crippen LogP contribution in [0, 0.1) is 5.92 Å². The fourth-order valence-corrected chi connectivity index (χ4v) is 3.08. The van der Waals surface area contributed by atoms with E-state index in [1.54, 1.807) is 6.20 Å². The zero-order valence-corrected chi connectivity index (χ0v) is 16.9. The first-order valence-corrected chi connectivity index (χ1v) is 9.95. The van der Waals surface area contributed by atoms with Crippen molar-refractivity contribution < 1.29 is 9.90 Å². The Morgan fingerprint density at radius 1 is 1.03 bits per heavy atom. The molecule has 1 aromatic heterocycles. The SMILES string of the molecule is CC(C)Cc1nc(-c2ccc(CO)cc2)cnc1NC(=O)CCc1ccccc1. The summed E-state index contributed by atoms with van der Waals surface area (Å²) in [4.78, 5) is 21.7. The molecule has 0 saturated heterocycles. The van der Waals surface area contributed by atoms with Crippen molar-refractivity contribution in [2.75, 3.05) is 5.32 Å². The highest BCUT2D eigenvalue weighted by Gasteiger charge is 2.13. The summed E-state index contributed by atoms with van der Waals surface area (Å²) < 4.78 is 0. The first-order valence-electron chi connectivity index (χ1n) is 9.95. The number of aromatic nitrogens is 2. The number of anilines is 1. The van der Waals surface area contributed by atoms with E-state index in [0.717, 1.165) is 34.5 Å². The van der Waals surface area contributed by atoms with E-state index in [4.69, 9.17) is 4.98 Å². The van der Waals surface area contributed by atoms with Gasteiger partial charge in [-0.2, -0.15) is 0 Å². The van der Waals surface area contributed by atoms with Gasteiger partial charge < -0.3 is 10.4 Å². The van der Waals surface area contributed by atoms with Gasteiger partial charge in [0.15, 0.2) is 5.82 Å². The van der Waals surface area contributed by atoms with Crippen LogP contribution in [0.15, 0.2) is 60.8 Å². The second-order valence-electron chi connectivity index (χ2n) is 7.54. The van der Waals surface area contributed by atoms with Gasteiger partial charge in [-0.1, -0.05) is 68.4 Å². The summed E-state index contributed by atoms with van der Waals surface area (Å²) >= 11 is 0. The second-order valence-corrected chi connectivity index (χ2v) is 7.54. The Morgan fingerprint density at radius 2 is 1.76 bits per heavy atom. The van der Waals surface area contributed by atoms with Crippen LogP contribution in [0.3, 0.4) is 0 Å². The van der Waals surface area contributed by atoms with Crippen LogP contribution in [0.4, 0.5) is 5.82 Å². The van der Waals surface area contributed by atoms with Crippen molar-refractivity contribution in [3.05, 3.63) is 77.6 Å². The largest absolute Gasteiger partial charge is 0.392 e. The maximum Gasteiger partial charge on any atom is 0.225 e. The molecule has 0 aliphatic rings. The highest BCUT2D eigenvalue weighted by molar-refractivity contribution is 5.90. The number of carbonyl (C=O) groups excluding carboxylic acids is 1. The lowest BCUT2D eigenvalue weighted by Gasteiger charge is -2.13. The quantitative estimate of drug-likeness (QED) is 0.599. The van der Waals surface area contributed by atoms with E-state index >= 15 is 0 Å². The Balaban J connectivity index is 1.75. The molecule has 0 unspecified atom stereocenters. The normalized spacial score (nSPS) is 10.9. The molecule has 0 spiro atoms. The van der Waals surface area contributed by atoms with Gasteiger partial charge in [0, 0.05) is 12.0 Å². The van der Waals surface area contributed by atoms with Crippen molar-refractivity contribution in [3.8, 4) is 11.3 Å². The molecule has 5 nitrogen and oxygen atoms in total.